The lowest BCUT2D eigenvalue weighted by atomic mass is 9.77. The largest absolute Gasteiger partial charge is 0.343 e. The van der Waals surface area contributed by atoms with Gasteiger partial charge in [-0.05, 0) is 16.7 Å². The van der Waals surface area contributed by atoms with E-state index in [9.17, 15) is 0 Å². The van der Waals surface area contributed by atoms with Crippen molar-refractivity contribution in [1.82, 2.24) is 9.36 Å². The van der Waals surface area contributed by atoms with Crippen molar-refractivity contribution in [3.63, 3.8) is 0 Å². The Labute approximate surface area is 151 Å². The molecule has 25 heavy (non-hydrogen) atoms. The molecular formula is C21H16N3S. The minimum absolute atomic E-state index is 0.558. The monoisotopic (exact) mass is 342 g/mol. The van der Waals surface area contributed by atoms with Gasteiger partial charge in [-0.25, -0.2) is 0 Å². The van der Waals surface area contributed by atoms with Crippen molar-refractivity contribution in [2.75, 3.05) is 5.32 Å². The summed E-state index contributed by atoms with van der Waals surface area (Å²) in [5.74, 6) is 0. The number of rotatable bonds is 5. The summed E-state index contributed by atoms with van der Waals surface area (Å²) in [6, 6.07) is 31.3. The van der Waals surface area contributed by atoms with Gasteiger partial charge in [-0.2, -0.15) is 9.36 Å². The van der Waals surface area contributed by atoms with Gasteiger partial charge in [0.2, 0.25) is 11.5 Å². The van der Waals surface area contributed by atoms with Gasteiger partial charge in [0.05, 0.1) is 0 Å². The molecular weight excluding hydrogens is 326 g/mol. The standard InChI is InChI=1S/C21H16N3S/c1-4-10-17(11-5-1)21(18-12-6-2-7-13-18,19-14-8-3-9-15-19)24-20-22-16-23-25-20/h1-15H,(H,22,23,24). The quantitative estimate of drug-likeness (QED) is 0.532. The van der Waals surface area contributed by atoms with E-state index in [4.69, 9.17) is 0 Å². The molecule has 1 radical (unpaired) electrons. The highest BCUT2D eigenvalue weighted by Crippen LogP contribution is 2.39. The summed E-state index contributed by atoms with van der Waals surface area (Å²) < 4.78 is 4.03. The zero-order valence-corrected chi connectivity index (χ0v) is 14.3. The van der Waals surface area contributed by atoms with Gasteiger partial charge < -0.3 is 5.32 Å². The number of anilines is 1. The predicted molar refractivity (Wildman–Crippen MR) is 102 cm³/mol. The van der Waals surface area contributed by atoms with Crippen LogP contribution in [0.2, 0.25) is 0 Å². The van der Waals surface area contributed by atoms with Crippen LogP contribution in [0.4, 0.5) is 5.13 Å². The fourth-order valence-corrected chi connectivity index (χ4v) is 3.59. The fourth-order valence-electron chi connectivity index (χ4n) is 3.14. The molecule has 1 aromatic heterocycles. The molecule has 0 spiro atoms. The number of hydrogen-bond acceptors (Lipinski definition) is 4. The lowest BCUT2D eigenvalue weighted by Gasteiger charge is -2.36. The summed E-state index contributed by atoms with van der Waals surface area (Å²) in [5, 5.41) is 4.37. The molecule has 0 aliphatic heterocycles. The topological polar surface area (TPSA) is 37.8 Å². The van der Waals surface area contributed by atoms with Crippen LogP contribution in [0.3, 0.4) is 0 Å². The number of nitrogens with one attached hydrogen (secondary N) is 1. The Morgan fingerprint density at radius 2 is 1.12 bits per heavy atom. The third-order valence-electron chi connectivity index (χ3n) is 4.24. The number of aromatic nitrogens is 2. The van der Waals surface area contributed by atoms with E-state index in [0.29, 0.717) is 0 Å². The van der Waals surface area contributed by atoms with Crippen molar-refractivity contribution in [3.05, 3.63) is 114 Å². The first-order valence-corrected chi connectivity index (χ1v) is 8.81. The molecule has 0 bridgehead atoms. The van der Waals surface area contributed by atoms with Gasteiger partial charge in [0.15, 0.2) is 0 Å². The lowest BCUT2D eigenvalue weighted by Crippen LogP contribution is -2.38. The second-order valence-electron chi connectivity index (χ2n) is 5.67. The molecule has 3 nitrogen and oxygen atoms in total. The molecule has 0 saturated carbocycles. The molecule has 0 aliphatic rings. The van der Waals surface area contributed by atoms with E-state index < -0.39 is 5.54 Å². The summed E-state index contributed by atoms with van der Waals surface area (Å²) in [6.45, 7) is 0. The minimum atomic E-state index is -0.558. The van der Waals surface area contributed by atoms with E-state index in [2.05, 4.69) is 93.8 Å². The average Bonchev–Trinajstić information content (AvgIpc) is 3.21. The van der Waals surface area contributed by atoms with E-state index >= 15 is 0 Å². The Bertz CT molecular complexity index is 811. The summed E-state index contributed by atoms with van der Waals surface area (Å²) in [4.78, 5) is 4.25. The maximum Gasteiger partial charge on any atom is 0.213 e. The molecule has 4 heteroatoms. The van der Waals surface area contributed by atoms with E-state index in [1.54, 1.807) is 0 Å². The van der Waals surface area contributed by atoms with Crippen molar-refractivity contribution in [3.8, 4) is 0 Å². The molecule has 121 valence electrons. The predicted octanol–water partition coefficient (Wildman–Crippen LogP) is 4.74. The van der Waals surface area contributed by atoms with Gasteiger partial charge in [0.25, 0.3) is 0 Å². The Balaban J connectivity index is 2.01. The molecule has 0 amide bonds. The first-order chi connectivity index (χ1) is 12.4. The van der Waals surface area contributed by atoms with Gasteiger partial charge in [-0.3, -0.25) is 0 Å². The Kier molecular flexibility index (Phi) is 4.27. The smallest absolute Gasteiger partial charge is 0.213 e. The van der Waals surface area contributed by atoms with Crippen molar-refractivity contribution in [1.29, 1.82) is 0 Å². The average molecular weight is 342 g/mol. The molecule has 0 atom stereocenters. The number of benzene rings is 3. The van der Waals surface area contributed by atoms with Crippen molar-refractivity contribution < 1.29 is 0 Å². The fraction of sp³-hybridized carbons (Fsp3) is 0.0476. The Morgan fingerprint density at radius 3 is 1.48 bits per heavy atom. The zero-order chi connectivity index (χ0) is 17.0. The maximum absolute atomic E-state index is 4.25. The van der Waals surface area contributed by atoms with Gasteiger partial charge in [0.1, 0.15) is 5.54 Å². The number of hydrogen-bond donors (Lipinski definition) is 1. The normalized spacial score (nSPS) is 11.2. The van der Waals surface area contributed by atoms with Gasteiger partial charge in [-0.15, -0.1) is 0 Å². The molecule has 3 aromatic carbocycles. The Morgan fingerprint density at radius 1 is 0.680 bits per heavy atom. The molecule has 0 saturated heterocycles. The van der Waals surface area contributed by atoms with E-state index in [1.807, 2.05) is 18.2 Å². The third kappa shape index (κ3) is 2.92. The molecule has 0 aliphatic carbocycles. The highest BCUT2D eigenvalue weighted by Gasteiger charge is 2.37. The van der Waals surface area contributed by atoms with E-state index in [0.717, 1.165) is 21.8 Å². The van der Waals surface area contributed by atoms with Gasteiger partial charge in [-0.1, -0.05) is 91.0 Å². The van der Waals surface area contributed by atoms with Crippen LogP contribution < -0.4 is 5.32 Å². The Hall–Kier alpha value is -2.98. The van der Waals surface area contributed by atoms with Crippen LogP contribution in [0.1, 0.15) is 16.7 Å². The highest BCUT2D eigenvalue weighted by molar-refractivity contribution is 7.09. The van der Waals surface area contributed by atoms with E-state index in [-0.39, 0.29) is 0 Å². The lowest BCUT2D eigenvalue weighted by molar-refractivity contribution is 0.710. The molecule has 1 N–H and O–H groups in total. The van der Waals surface area contributed by atoms with Crippen LogP contribution in [0.15, 0.2) is 91.0 Å². The van der Waals surface area contributed by atoms with Crippen molar-refractivity contribution >= 4 is 16.7 Å². The SMILES string of the molecule is [c]1nsc(NC(c2ccccc2)(c2ccccc2)c2ccccc2)n1. The van der Waals surface area contributed by atoms with Gasteiger partial charge >= 0.3 is 0 Å². The molecule has 0 fully saturated rings. The van der Waals surface area contributed by atoms with Crippen molar-refractivity contribution in [2.24, 2.45) is 0 Å². The zero-order valence-electron chi connectivity index (χ0n) is 13.5. The molecule has 4 aromatic rings. The maximum atomic E-state index is 4.25. The summed E-state index contributed by atoms with van der Waals surface area (Å²) in [7, 11) is 0. The van der Waals surface area contributed by atoms with Crippen LogP contribution in [0.5, 0.6) is 0 Å². The van der Waals surface area contributed by atoms with Crippen LogP contribution in [-0.4, -0.2) is 9.36 Å². The van der Waals surface area contributed by atoms with Gasteiger partial charge in [0, 0.05) is 11.5 Å². The summed E-state index contributed by atoms with van der Waals surface area (Å²) in [5.41, 5.74) is 2.87. The van der Waals surface area contributed by atoms with Crippen LogP contribution in [0.25, 0.3) is 0 Å². The van der Waals surface area contributed by atoms with Crippen LogP contribution in [-0.2, 0) is 5.54 Å². The molecule has 1 heterocycles. The van der Waals surface area contributed by atoms with Crippen LogP contribution in [0, 0.1) is 6.33 Å². The second-order valence-corrected chi connectivity index (χ2v) is 6.42. The van der Waals surface area contributed by atoms with Crippen LogP contribution >= 0.6 is 11.5 Å². The summed E-state index contributed by atoms with van der Waals surface area (Å²) >= 11 is 1.31. The van der Waals surface area contributed by atoms with Crippen molar-refractivity contribution in [2.45, 2.75) is 5.54 Å². The first-order valence-electron chi connectivity index (χ1n) is 8.04. The number of nitrogens with zero attached hydrogens (tertiary/aromatic N) is 2. The first kappa shape index (κ1) is 15.5. The second kappa shape index (κ2) is 6.87. The minimum Gasteiger partial charge on any atom is -0.343 e. The van der Waals surface area contributed by atoms with E-state index in [1.165, 1.54) is 11.5 Å². The molecule has 4 rings (SSSR count). The summed E-state index contributed by atoms with van der Waals surface area (Å²) in [6.07, 6.45) is 2.66. The molecule has 0 unspecified atom stereocenters. The highest BCUT2D eigenvalue weighted by atomic mass is 32.1. The third-order valence-corrected chi connectivity index (χ3v) is 4.78.